The number of fused-ring (bicyclic) bond motifs is 1. The SMILES string of the molecule is C=C(C)Oc1cc2c(c(C(F)(F)F)c1)C=C=C(c1nnc(NCC3OCCO3)o1)C=C2CCC. The van der Waals surface area contributed by atoms with Crippen molar-refractivity contribution in [3.63, 3.8) is 0 Å². The van der Waals surface area contributed by atoms with Crippen molar-refractivity contribution < 1.29 is 31.8 Å². The normalized spacial score (nSPS) is 16.0. The predicted octanol–water partition coefficient (Wildman–Crippen LogP) is 5.68. The van der Waals surface area contributed by atoms with E-state index in [1.54, 1.807) is 19.1 Å². The van der Waals surface area contributed by atoms with Crippen LogP contribution in [0.5, 0.6) is 5.75 Å². The molecule has 2 aliphatic rings. The number of aromatic nitrogens is 2. The highest BCUT2D eigenvalue weighted by Gasteiger charge is 2.35. The molecule has 2 heterocycles. The summed E-state index contributed by atoms with van der Waals surface area (Å²) in [5.41, 5.74) is 3.55. The minimum absolute atomic E-state index is 0.00431. The Labute approximate surface area is 194 Å². The average molecular weight is 475 g/mol. The Balaban J connectivity index is 1.72. The van der Waals surface area contributed by atoms with Crippen LogP contribution in [-0.2, 0) is 15.7 Å². The van der Waals surface area contributed by atoms with E-state index >= 15 is 0 Å². The summed E-state index contributed by atoms with van der Waals surface area (Å²) in [5.74, 6) is 0.481. The molecule has 1 fully saturated rings. The third-order valence-corrected chi connectivity index (χ3v) is 5.07. The van der Waals surface area contributed by atoms with Crippen LogP contribution in [-0.4, -0.2) is 36.2 Å². The van der Waals surface area contributed by atoms with Gasteiger partial charge in [-0.15, -0.1) is 10.8 Å². The van der Waals surface area contributed by atoms with Crippen molar-refractivity contribution in [2.75, 3.05) is 25.1 Å². The maximum Gasteiger partial charge on any atom is 0.417 e. The number of nitrogens with zero attached hydrogens (tertiary/aromatic N) is 2. The van der Waals surface area contributed by atoms with Crippen molar-refractivity contribution in [3.8, 4) is 5.75 Å². The lowest BCUT2D eigenvalue weighted by atomic mass is 9.92. The highest BCUT2D eigenvalue weighted by atomic mass is 19.4. The summed E-state index contributed by atoms with van der Waals surface area (Å²) >= 11 is 0. The average Bonchev–Trinajstić information content (AvgIpc) is 3.42. The largest absolute Gasteiger partial charge is 0.463 e. The lowest BCUT2D eigenvalue weighted by Crippen LogP contribution is -2.20. The lowest BCUT2D eigenvalue weighted by molar-refractivity contribution is -0.137. The molecule has 0 spiro atoms. The number of hydrogen-bond acceptors (Lipinski definition) is 7. The van der Waals surface area contributed by atoms with E-state index in [0.29, 0.717) is 49.3 Å². The molecule has 1 aliphatic heterocycles. The van der Waals surface area contributed by atoms with Gasteiger partial charge in [-0.25, -0.2) is 0 Å². The first-order valence-electron chi connectivity index (χ1n) is 10.8. The fourth-order valence-electron chi connectivity index (χ4n) is 3.69. The number of hydrogen-bond donors (Lipinski definition) is 1. The number of anilines is 1. The summed E-state index contributed by atoms with van der Waals surface area (Å²) in [6.45, 7) is 8.51. The van der Waals surface area contributed by atoms with E-state index in [4.69, 9.17) is 18.6 Å². The number of nitrogens with one attached hydrogen (secondary N) is 1. The van der Waals surface area contributed by atoms with Gasteiger partial charge in [0.25, 0.3) is 5.89 Å². The molecule has 0 bridgehead atoms. The molecule has 0 atom stereocenters. The fourth-order valence-corrected chi connectivity index (χ4v) is 3.69. The number of ether oxygens (including phenoxy) is 3. The first kappa shape index (κ1) is 23.8. The topological polar surface area (TPSA) is 78.6 Å². The molecule has 7 nitrogen and oxygen atoms in total. The van der Waals surface area contributed by atoms with Gasteiger partial charge in [0, 0.05) is 5.56 Å². The zero-order valence-electron chi connectivity index (χ0n) is 18.8. The van der Waals surface area contributed by atoms with Gasteiger partial charge in [0.05, 0.1) is 36.7 Å². The minimum Gasteiger partial charge on any atom is -0.463 e. The van der Waals surface area contributed by atoms with Crippen LogP contribution in [0.2, 0.25) is 0 Å². The van der Waals surface area contributed by atoms with Gasteiger partial charge < -0.3 is 23.9 Å². The van der Waals surface area contributed by atoms with Gasteiger partial charge in [0.1, 0.15) is 5.75 Å². The van der Waals surface area contributed by atoms with Crippen molar-refractivity contribution >= 4 is 23.2 Å². The Morgan fingerprint density at radius 2 is 2.03 bits per heavy atom. The number of rotatable bonds is 8. The summed E-state index contributed by atoms with van der Waals surface area (Å²) in [5, 5.41) is 10.9. The quantitative estimate of drug-likeness (QED) is 0.389. The Morgan fingerprint density at radius 3 is 2.71 bits per heavy atom. The summed E-state index contributed by atoms with van der Waals surface area (Å²) in [6.07, 6.45) is -0.746. The lowest BCUT2D eigenvalue weighted by Gasteiger charge is -2.18. The van der Waals surface area contributed by atoms with E-state index in [0.717, 1.165) is 6.07 Å². The van der Waals surface area contributed by atoms with Gasteiger partial charge >= 0.3 is 12.2 Å². The first-order chi connectivity index (χ1) is 16.2. The number of halogens is 3. The Kier molecular flexibility index (Phi) is 6.92. The van der Waals surface area contributed by atoms with Gasteiger partial charge in [-0.2, -0.15) is 13.2 Å². The number of allylic oxidation sites excluding steroid dienone is 4. The molecule has 34 heavy (non-hydrogen) atoms. The van der Waals surface area contributed by atoms with Gasteiger partial charge in [0.15, 0.2) is 6.29 Å². The van der Waals surface area contributed by atoms with E-state index in [1.165, 1.54) is 6.08 Å². The smallest absolute Gasteiger partial charge is 0.417 e. The number of benzene rings is 1. The first-order valence-corrected chi connectivity index (χ1v) is 10.8. The molecule has 180 valence electrons. The Morgan fingerprint density at radius 1 is 1.26 bits per heavy atom. The van der Waals surface area contributed by atoms with E-state index < -0.39 is 18.0 Å². The molecule has 1 saturated heterocycles. The molecule has 1 aromatic carbocycles. The zero-order valence-corrected chi connectivity index (χ0v) is 18.8. The van der Waals surface area contributed by atoms with Crippen molar-refractivity contribution in [1.29, 1.82) is 0 Å². The van der Waals surface area contributed by atoms with Crippen molar-refractivity contribution in [1.82, 2.24) is 10.2 Å². The summed E-state index contributed by atoms with van der Waals surface area (Å²) in [4.78, 5) is 0. The van der Waals surface area contributed by atoms with Crippen LogP contribution < -0.4 is 10.1 Å². The van der Waals surface area contributed by atoms with E-state index in [-0.39, 0.29) is 29.0 Å². The molecule has 4 rings (SSSR count). The molecule has 0 unspecified atom stereocenters. The van der Waals surface area contributed by atoms with Crippen LogP contribution in [0.3, 0.4) is 0 Å². The molecule has 2 aromatic rings. The van der Waals surface area contributed by atoms with E-state index in [1.807, 2.05) is 6.92 Å². The van der Waals surface area contributed by atoms with Crippen LogP contribution in [0.15, 0.2) is 40.7 Å². The molecule has 0 radical (unpaired) electrons. The highest BCUT2D eigenvalue weighted by Crippen LogP contribution is 2.42. The molecule has 1 aliphatic carbocycles. The van der Waals surface area contributed by atoms with Gasteiger partial charge in [-0.3, -0.25) is 0 Å². The molecule has 1 N–H and O–H groups in total. The van der Waals surface area contributed by atoms with Gasteiger partial charge in [0.2, 0.25) is 0 Å². The Bertz CT molecular complexity index is 1170. The summed E-state index contributed by atoms with van der Waals surface area (Å²) in [7, 11) is 0. The number of alkyl halides is 3. The summed E-state index contributed by atoms with van der Waals surface area (Å²) < 4.78 is 63.7. The highest BCUT2D eigenvalue weighted by molar-refractivity contribution is 5.89. The van der Waals surface area contributed by atoms with E-state index in [2.05, 4.69) is 27.8 Å². The second kappa shape index (κ2) is 9.89. The van der Waals surface area contributed by atoms with Crippen molar-refractivity contribution in [3.05, 3.63) is 58.9 Å². The molecule has 1 aromatic heterocycles. The third kappa shape index (κ3) is 5.41. The molecule has 0 amide bonds. The zero-order chi connectivity index (χ0) is 24.3. The predicted molar refractivity (Wildman–Crippen MR) is 120 cm³/mol. The minimum atomic E-state index is -4.59. The third-order valence-electron chi connectivity index (χ3n) is 5.07. The monoisotopic (exact) mass is 475 g/mol. The maximum atomic E-state index is 14.0. The Hall–Kier alpha value is -3.33. The molecular formula is C24H24F3N3O4. The van der Waals surface area contributed by atoms with Crippen molar-refractivity contribution in [2.24, 2.45) is 0 Å². The second-order valence-electron chi connectivity index (χ2n) is 7.82. The summed E-state index contributed by atoms with van der Waals surface area (Å²) in [6, 6.07) is 2.70. The van der Waals surface area contributed by atoms with Crippen LogP contribution in [0.4, 0.5) is 19.2 Å². The standard InChI is InChI=1S/C24H24F3N3O4/c1-4-5-15-10-16(22-29-30-23(34-22)28-13-21-31-8-9-32-21)6-7-18-19(15)11-17(33-14(2)3)12-20(18)24(25,26)27/h7,10-12,21H,2,4-5,8-9,13H2,1,3H3,(H,28,30). The molecule has 0 saturated carbocycles. The van der Waals surface area contributed by atoms with Gasteiger partial charge in [-0.1, -0.05) is 25.0 Å². The molecule has 10 heteroatoms. The second-order valence-corrected chi connectivity index (χ2v) is 7.82. The van der Waals surface area contributed by atoms with Crippen molar-refractivity contribution in [2.45, 2.75) is 39.2 Å². The maximum absolute atomic E-state index is 14.0. The van der Waals surface area contributed by atoms with Crippen LogP contribution in [0, 0.1) is 0 Å². The fraction of sp³-hybridized carbons (Fsp3) is 0.375. The van der Waals surface area contributed by atoms with Crippen LogP contribution in [0.1, 0.15) is 49.3 Å². The van der Waals surface area contributed by atoms with Crippen LogP contribution >= 0.6 is 0 Å². The molecular weight excluding hydrogens is 451 g/mol. The van der Waals surface area contributed by atoms with Gasteiger partial charge in [-0.05, 0) is 48.8 Å². The van der Waals surface area contributed by atoms with E-state index in [9.17, 15) is 13.2 Å². The van der Waals surface area contributed by atoms with Crippen LogP contribution in [0.25, 0.3) is 17.2 Å².